The molecule has 0 saturated heterocycles. The lowest BCUT2D eigenvalue weighted by Gasteiger charge is -2.14. The zero-order valence-corrected chi connectivity index (χ0v) is 22.0. The van der Waals surface area contributed by atoms with Gasteiger partial charge in [0.1, 0.15) is 0 Å². The molecular weight excluding hydrogens is 460 g/mol. The summed E-state index contributed by atoms with van der Waals surface area (Å²) in [6.07, 6.45) is 5.74. The number of amidine groups is 1. The first-order chi connectivity index (χ1) is 17.1. The third kappa shape index (κ3) is 7.34. The Morgan fingerprint density at radius 1 is 1.08 bits per heavy atom. The molecule has 0 bridgehead atoms. The fourth-order valence-corrected chi connectivity index (χ4v) is 3.27. The molecule has 8 heteroatoms. The first-order valence-electron chi connectivity index (χ1n) is 11.9. The van der Waals surface area contributed by atoms with E-state index in [1.807, 2.05) is 33.8 Å². The van der Waals surface area contributed by atoms with Crippen molar-refractivity contribution in [2.24, 2.45) is 9.98 Å². The molecule has 0 aliphatic rings. The molecule has 1 amide bonds. The minimum Gasteiger partial charge on any atom is -0.386 e. The number of carbonyl (C=O) groups excluding carboxylic acids is 1. The van der Waals surface area contributed by atoms with Crippen molar-refractivity contribution in [3.05, 3.63) is 77.1 Å². The Balaban J connectivity index is 2.30. The smallest absolute Gasteiger partial charge is 0.251 e. The molecule has 36 heavy (non-hydrogen) atoms. The van der Waals surface area contributed by atoms with E-state index in [4.69, 9.17) is 0 Å². The van der Waals surface area contributed by atoms with Crippen LogP contribution in [-0.2, 0) is 0 Å². The highest BCUT2D eigenvalue weighted by molar-refractivity contribution is 6.45. The van der Waals surface area contributed by atoms with Crippen LogP contribution in [-0.4, -0.2) is 30.5 Å². The monoisotopic (exact) mass is 495 g/mol. The number of aryl methyl sites for hydroxylation is 1. The van der Waals surface area contributed by atoms with Gasteiger partial charge >= 0.3 is 0 Å². The van der Waals surface area contributed by atoms with E-state index in [2.05, 4.69) is 25.9 Å². The van der Waals surface area contributed by atoms with Crippen LogP contribution >= 0.6 is 0 Å². The lowest BCUT2D eigenvalue weighted by Crippen LogP contribution is -2.32. The molecule has 2 aromatic rings. The Hall–Kier alpha value is -3.81. The standard InChI is InChI=1S/C28H35F2N5O/c1-8-14-32-27(35-21-10-11-23(17(3)15-21)28(36)34-19(5)9-2)20(6)33-16-18(4)22-12-13-24(31-7)26(30)25(22)29/h8,10-16,19,31H,9H2,1-7H3,(H,32,35)(H,34,36)/b14-8-,18-16+,33-20+. The first kappa shape index (κ1) is 28.4. The number of halogens is 2. The van der Waals surface area contributed by atoms with Crippen LogP contribution in [0.5, 0.6) is 0 Å². The van der Waals surface area contributed by atoms with Crippen molar-refractivity contribution in [3.63, 3.8) is 0 Å². The summed E-state index contributed by atoms with van der Waals surface area (Å²) in [4.78, 5) is 21.4. The summed E-state index contributed by atoms with van der Waals surface area (Å²) in [6, 6.07) is 8.53. The van der Waals surface area contributed by atoms with Gasteiger partial charge in [0, 0.05) is 42.3 Å². The van der Waals surface area contributed by atoms with Crippen LogP contribution in [0.3, 0.4) is 0 Å². The summed E-state index contributed by atoms with van der Waals surface area (Å²) in [5, 5.41) is 8.83. The minimum atomic E-state index is -0.933. The molecule has 0 saturated carbocycles. The Morgan fingerprint density at radius 2 is 1.78 bits per heavy atom. The maximum atomic E-state index is 14.5. The van der Waals surface area contributed by atoms with Gasteiger partial charge in [0.15, 0.2) is 17.5 Å². The number of allylic oxidation sites excluding steroid dienone is 2. The van der Waals surface area contributed by atoms with Gasteiger partial charge < -0.3 is 16.0 Å². The Morgan fingerprint density at radius 3 is 2.39 bits per heavy atom. The number of anilines is 2. The summed E-state index contributed by atoms with van der Waals surface area (Å²) >= 11 is 0. The summed E-state index contributed by atoms with van der Waals surface area (Å²) in [6.45, 7) is 11.1. The van der Waals surface area contributed by atoms with Crippen LogP contribution in [0.2, 0.25) is 0 Å². The fraction of sp³-hybridized carbons (Fsp3) is 0.321. The highest BCUT2D eigenvalue weighted by atomic mass is 19.2. The molecule has 2 aromatic carbocycles. The molecule has 0 radical (unpaired) electrons. The van der Waals surface area contributed by atoms with Gasteiger partial charge in [-0.3, -0.25) is 9.79 Å². The average Bonchev–Trinajstić information content (AvgIpc) is 2.86. The van der Waals surface area contributed by atoms with Gasteiger partial charge in [0.2, 0.25) is 0 Å². The van der Waals surface area contributed by atoms with Gasteiger partial charge in [-0.25, -0.2) is 13.8 Å². The Bertz CT molecular complexity index is 1210. The number of benzene rings is 2. The first-order valence-corrected chi connectivity index (χ1v) is 11.9. The van der Waals surface area contributed by atoms with Gasteiger partial charge in [-0.2, -0.15) is 0 Å². The molecule has 0 heterocycles. The van der Waals surface area contributed by atoms with Crippen molar-refractivity contribution in [3.8, 4) is 0 Å². The molecule has 2 rings (SSSR count). The Kier molecular flexibility index (Phi) is 10.5. The predicted octanol–water partition coefficient (Wildman–Crippen LogP) is 6.71. The quantitative estimate of drug-likeness (QED) is 0.267. The number of rotatable bonds is 9. The molecule has 3 N–H and O–H groups in total. The summed E-state index contributed by atoms with van der Waals surface area (Å²) in [7, 11) is 1.53. The third-order valence-electron chi connectivity index (χ3n) is 5.65. The molecule has 0 spiro atoms. The second-order valence-electron chi connectivity index (χ2n) is 8.46. The number of carbonyl (C=O) groups is 1. The molecule has 0 aliphatic heterocycles. The second-order valence-corrected chi connectivity index (χ2v) is 8.46. The number of hydrogen-bond acceptors (Lipinski definition) is 4. The van der Waals surface area contributed by atoms with Gasteiger partial charge in [-0.1, -0.05) is 13.0 Å². The van der Waals surface area contributed by atoms with Crippen LogP contribution in [0.1, 0.15) is 62.5 Å². The maximum absolute atomic E-state index is 14.5. The average molecular weight is 496 g/mol. The van der Waals surface area contributed by atoms with E-state index in [0.29, 0.717) is 22.7 Å². The van der Waals surface area contributed by atoms with E-state index in [0.717, 1.165) is 17.7 Å². The van der Waals surface area contributed by atoms with Crippen molar-refractivity contribution in [2.45, 2.75) is 54.0 Å². The van der Waals surface area contributed by atoms with E-state index in [1.165, 1.54) is 25.4 Å². The zero-order valence-electron chi connectivity index (χ0n) is 22.0. The Labute approximate surface area is 212 Å². The van der Waals surface area contributed by atoms with Gasteiger partial charge in [-0.15, -0.1) is 0 Å². The van der Waals surface area contributed by atoms with Crippen LogP contribution < -0.4 is 16.0 Å². The largest absolute Gasteiger partial charge is 0.386 e. The van der Waals surface area contributed by atoms with Crippen LogP contribution in [0.15, 0.2) is 58.8 Å². The summed E-state index contributed by atoms with van der Waals surface area (Å²) < 4.78 is 28.6. The SMILES string of the molecule is C\C=C/N=C(Nc1ccc(C(=O)NC(C)CC)c(C)c1)\C(C)=N\C=C(/C)c1ccc(NC)c(F)c1F. The zero-order chi connectivity index (χ0) is 26.8. The van der Waals surface area contributed by atoms with Crippen LogP contribution in [0, 0.1) is 18.6 Å². The predicted molar refractivity (Wildman–Crippen MR) is 147 cm³/mol. The molecular formula is C28H35F2N5O. The molecule has 0 fully saturated rings. The maximum Gasteiger partial charge on any atom is 0.251 e. The van der Waals surface area contributed by atoms with Gasteiger partial charge in [-0.05, 0) is 82.5 Å². The summed E-state index contributed by atoms with van der Waals surface area (Å²) in [5.41, 5.74) is 3.39. The molecule has 1 unspecified atom stereocenters. The van der Waals surface area contributed by atoms with E-state index < -0.39 is 11.6 Å². The number of nitrogens with zero attached hydrogens (tertiary/aromatic N) is 2. The van der Waals surface area contributed by atoms with Crippen molar-refractivity contribution < 1.29 is 13.6 Å². The molecule has 6 nitrogen and oxygen atoms in total. The van der Waals surface area contributed by atoms with Crippen molar-refractivity contribution in [2.75, 3.05) is 17.7 Å². The normalized spacial score (nSPS) is 13.6. The third-order valence-corrected chi connectivity index (χ3v) is 5.65. The molecule has 0 aliphatic carbocycles. The van der Waals surface area contributed by atoms with Crippen molar-refractivity contribution in [1.82, 2.24) is 5.32 Å². The van der Waals surface area contributed by atoms with E-state index >= 15 is 0 Å². The van der Waals surface area contributed by atoms with Gasteiger partial charge in [0.25, 0.3) is 5.91 Å². The highest BCUT2D eigenvalue weighted by Gasteiger charge is 2.15. The molecule has 0 aromatic heterocycles. The minimum absolute atomic E-state index is 0.0902. The van der Waals surface area contributed by atoms with E-state index in [-0.39, 0.29) is 23.2 Å². The molecule has 1 atom stereocenters. The van der Waals surface area contributed by atoms with Crippen LogP contribution in [0.25, 0.3) is 5.57 Å². The van der Waals surface area contributed by atoms with Crippen LogP contribution in [0.4, 0.5) is 20.2 Å². The van der Waals surface area contributed by atoms with E-state index in [1.54, 1.807) is 38.3 Å². The topological polar surface area (TPSA) is 77.9 Å². The van der Waals surface area contributed by atoms with Gasteiger partial charge in [0.05, 0.1) is 11.4 Å². The fourth-order valence-electron chi connectivity index (χ4n) is 3.27. The molecule has 192 valence electrons. The number of nitrogens with one attached hydrogen (secondary N) is 3. The number of hydrogen-bond donors (Lipinski definition) is 3. The number of aliphatic imine (C=N–C) groups is 2. The lowest BCUT2D eigenvalue weighted by atomic mass is 10.1. The second kappa shape index (κ2) is 13.3. The van der Waals surface area contributed by atoms with Crippen molar-refractivity contribution in [1.29, 1.82) is 0 Å². The van der Waals surface area contributed by atoms with E-state index in [9.17, 15) is 13.6 Å². The number of amides is 1. The summed E-state index contributed by atoms with van der Waals surface area (Å²) in [5.74, 6) is -1.50. The lowest BCUT2D eigenvalue weighted by molar-refractivity contribution is 0.0938. The van der Waals surface area contributed by atoms with Crippen molar-refractivity contribution >= 4 is 34.4 Å². The highest BCUT2D eigenvalue weighted by Crippen LogP contribution is 2.25.